The summed E-state index contributed by atoms with van der Waals surface area (Å²) in [4.78, 5) is 6.62. The summed E-state index contributed by atoms with van der Waals surface area (Å²) in [6, 6.07) is 6.24. The number of rotatable bonds is 5. The maximum absolute atomic E-state index is 12.0. The van der Waals surface area contributed by atoms with Crippen molar-refractivity contribution in [3.8, 4) is 0 Å². The Hall–Kier alpha value is -1.02. The van der Waals surface area contributed by atoms with Crippen molar-refractivity contribution < 1.29 is 13.2 Å². The molecule has 3 heterocycles. The summed E-state index contributed by atoms with van der Waals surface area (Å²) in [6.07, 6.45) is 3.48. The SMILES string of the molecule is CCS(=O)(=O)N1CCC2(CC(N(C)Cc3ccccn3)CO2)C1. The average Bonchev–Trinajstić information content (AvgIpc) is 3.16. The van der Waals surface area contributed by atoms with Crippen LogP contribution in [0, 0.1) is 0 Å². The minimum Gasteiger partial charge on any atom is -0.372 e. The second-order valence-electron chi connectivity index (χ2n) is 6.57. The Kier molecular flexibility index (Phi) is 4.73. The first-order valence-corrected chi connectivity index (χ1v) is 9.77. The second kappa shape index (κ2) is 6.47. The summed E-state index contributed by atoms with van der Waals surface area (Å²) in [5.74, 6) is 0.159. The molecule has 0 aliphatic carbocycles. The van der Waals surface area contributed by atoms with E-state index in [1.54, 1.807) is 17.4 Å². The number of nitrogens with zero attached hydrogens (tertiary/aromatic N) is 3. The van der Waals surface area contributed by atoms with E-state index < -0.39 is 10.0 Å². The highest BCUT2D eigenvalue weighted by atomic mass is 32.2. The maximum Gasteiger partial charge on any atom is 0.213 e. The van der Waals surface area contributed by atoms with Gasteiger partial charge >= 0.3 is 0 Å². The van der Waals surface area contributed by atoms with Crippen LogP contribution >= 0.6 is 0 Å². The predicted molar refractivity (Wildman–Crippen MR) is 88.4 cm³/mol. The number of sulfonamides is 1. The van der Waals surface area contributed by atoms with E-state index >= 15 is 0 Å². The average molecular weight is 339 g/mol. The minimum absolute atomic E-state index is 0.159. The van der Waals surface area contributed by atoms with E-state index in [1.807, 2.05) is 18.2 Å². The van der Waals surface area contributed by atoms with Crippen molar-refractivity contribution in [3.05, 3.63) is 30.1 Å². The van der Waals surface area contributed by atoms with E-state index in [0.717, 1.165) is 25.1 Å². The second-order valence-corrected chi connectivity index (χ2v) is 8.83. The molecule has 128 valence electrons. The Bertz CT molecular complexity index is 637. The van der Waals surface area contributed by atoms with Gasteiger partial charge < -0.3 is 4.74 Å². The molecule has 2 saturated heterocycles. The third-order valence-electron chi connectivity index (χ3n) is 4.99. The third-order valence-corrected chi connectivity index (χ3v) is 6.82. The van der Waals surface area contributed by atoms with Crippen LogP contribution in [0.2, 0.25) is 0 Å². The van der Waals surface area contributed by atoms with Crippen molar-refractivity contribution in [2.75, 3.05) is 32.5 Å². The highest BCUT2D eigenvalue weighted by molar-refractivity contribution is 7.89. The molecule has 2 aliphatic heterocycles. The van der Waals surface area contributed by atoms with E-state index in [2.05, 4.69) is 16.9 Å². The fourth-order valence-corrected chi connectivity index (χ4v) is 4.66. The standard InChI is InChI=1S/C16H25N3O3S/c1-3-23(20,21)19-9-7-16(13-19)10-15(12-22-16)18(2)11-14-6-4-5-8-17-14/h4-6,8,15H,3,7,9-13H2,1-2H3. The van der Waals surface area contributed by atoms with Crippen LogP contribution in [0.1, 0.15) is 25.5 Å². The molecule has 0 aromatic carbocycles. The van der Waals surface area contributed by atoms with Crippen molar-refractivity contribution in [2.45, 2.75) is 38.0 Å². The van der Waals surface area contributed by atoms with E-state index in [9.17, 15) is 8.42 Å². The van der Waals surface area contributed by atoms with Crippen LogP contribution in [0.5, 0.6) is 0 Å². The molecule has 2 atom stereocenters. The Balaban J connectivity index is 1.60. The summed E-state index contributed by atoms with van der Waals surface area (Å²) < 4.78 is 31.8. The summed E-state index contributed by atoms with van der Waals surface area (Å²) in [5, 5.41) is 0. The molecule has 3 rings (SSSR count). The largest absolute Gasteiger partial charge is 0.372 e. The van der Waals surface area contributed by atoms with E-state index in [1.165, 1.54) is 0 Å². The Morgan fingerprint density at radius 2 is 2.30 bits per heavy atom. The van der Waals surface area contributed by atoms with Gasteiger partial charge in [-0.15, -0.1) is 0 Å². The lowest BCUT2D eigenvalue weighted by molar-refractivity contribution is 0.0153. The van der Waals surface area contributed by atoms with Crippen LogP contribution in [0.15, 0.2) is 24.4 Å². The molecule has 2 aliphatic rings. The van der Waals surface area contributed by atoms with Crippen LogP contribution in [0.3, 0.4) is 0 Å². The van der Waals surface area contributed by atoms with Gasteiger partial charge in [0, 0.05) is 31.9 Å². The first-order valence-electron chi connectivity index (χ1n) is 8.16. The van der Waals surface area contributed by atoms with Crippen molar-refractivity contribution in [1.29, 1.82) is 0 Å². The van der Waals surface area contributed by atoms with Crippen molar-refractivity contribution in [2.24, 2.45) is 0 Å². The molecular weight excluding hydrogens is 314 g/mol. The molecule has 1 aromatic heterocycles. The van der Waals surface area contributed by atoms with Gasteiger partial charge in [-0.05, 0) is 38.9 Å². The van der Waals surface area contributed by atoms with Gasteiger partial charge in [-0.25, -0.2) is 8.42 Å². The zero-order chi connectivity index (χ0) is 16.5. The molecule has 7 heteroatoms. The molecule has 0 amide bonds. The molecule has 2 fully saturated rings. The molecule has 23 heavy (non-hydrogen) atoms. The fourth-order valence-electron chi connectivity index (χ4n) is 3.49. The van der Waals surface area contributed by atoms with Gasteiger partial charge in [0.1, 0.15) is 0 Å². The van der Waals surface area contributed by atoms with Gasteiger partial charge in [-0.3, -0.25) is 9.88 Å². The topological polar surface area (TPSA) is 62.7 Å². The lowest BCUT2D eigenvalue weighted by Crippen LogP contribution is -2.38. The van der Waals surface area contributed by atoms with Crippen LogP contribution in [-0.2, 0) is 21.3 Å². The predicted octanol–water partition coefficient (Wildman–Crippen LogP) is 1.10. The van der Waals surface area contributed by atoms with Crippen molar-refractivity contribution >= 4 is 10.0 Å². The summed E-state index contributed by atoms with van der Waals surface area (Å²) in [5.41, 5.74) is 0.739. The van der Waals surface area contributed by atoms with Gasteiger partial charge in [0.25, 0.3) is 0 Å². The molecule has 0 bridgehead atoms. The zero-order valence-electron chi connectivity index (χ0n) is 13.8. The third kappa shape index (κ3) is 3.57. The number of likely N-dealkylation sites (N-methyl/N-ethyl adjacent to an activating group) is 1. The zero-order valence-corrected chi connectivity index (χ0v) is 14.6. The number of ether oxygens (including phenoxy) is 1. The monoisotopic (exact) mass is 339 g/mol. The summed E-state index contributed by atoms with van der Waals surface area (Å²) in [7, 11) is -1.04. The Morgan fingerprint density at radius 3 is 3.00 bits per heavy atom. The van der Waals surface area contributed by atoms with Crippen LogP contribution in [0.4, 0.5) is 0 Å². The molecule has 1 aromatic rings. The quantitative estimate of drug-likeness (QED) is 0.804. The normalized spacial score (nSPS) is 28.9. The molecule has 0 saturated carbocycles. The summed E-state index contributed by atoms with van der Waals surface area (Å²) >= 11 is 0. The number of hydrogen-bond acceptors (Lipinski definition) is 5. The highest BCUT2D eigenvalue weighted by Gasteiger charge is 2.48. The van der Waals surface area contributed by atoms with Gasteiger partial charge in [0.2, 0.25) is 10.0 Å². The lowest BCUT2D eigenvalue weighted by atomic mass is 9.96. The van der Waals surface area contributed by atoms with Gasteiger partial charge in [0.15, 0.2) is 0 Å². The van der Waals surface area contributed by atoms with E-state index in [-0.39, 0.29) is 11.4 Å². The van der Waals surface area contributed by atoms with Crippen LogP contribution in [0.25, 0.3) is 0 Å². The van der Waals surface area contributed by atoms with E-state index in [4.69, 9.17) is 4.74 Å². The molecule has 2 unspecified atom stereocenters. The number of aromatic nitrogens is 1. The number of pyridine rings is 1. The minimum atomic E-state index is -3.12. The van der Waals surface area contributed by atoms with Gasteiger partial charge in [-0.2, -0.15) is 4.31 Å². The Morgan fingerprint density at radius 1 is 1.48 bits per heavy atom. The first-order chi connectivity index (χ1) is 10.9. The molecule has 0 radical (unpaired) electrons. The van der Waals surface area contributed by atoms with Crippen LogP contribution < -0.4 is 0 Å². The first kappa shape index (κ1) is 16.8. The lowest BCUT2D eigenvalue weighted by Gasteiger charge is -2.25. The van der Waals surface area contributed by atoms with Crippen molar-refractivity contribution in [3.63, 3.8) is 0 Å². The molecular formula is C16H25N3O3S. The van der Waals surface area contributed by atoms with E-state index in [0.29, 0.717) is 25.7 Å². The van der Waals surface area contributed by atoms with Crippen molar-refractivity contribution in [1.82, 2.24) is 14.2 Å². The maximum atomic E-state index is 12.0. The fraction of sp³-hybridized carbons (Fsp3) is 0.688. The smallest absolute Gasteiger partial charge is 0.213 e. The highest BCUT2D eigenvalue weighted by Crippen LogP contribution is 2.37. The van der Waals surface area contributed by atoms with Crippen LogP contribution in [-0.4, -0.2) is 66.7 Å². The van der Waals surface area contributed by atoms with Gasteiger partial charge in [0.05, 0.1) is 23.7 Å². The molecule has 1 spiro atoms. The molecule has 6 nitrogen and oxygen atoms in total. The number of hydrogen-bond donors (Lipinski definition) is 0. The van der Waals surface area contributed by atoms with Gasteiger partial charge in [-0.1, -0.05) is 6.07 Å². The Labute approximate surface area is 138 Å². The summed E-state index contributed by atoms with van der Waals surface area (Å²) in [6.45, 7) is 4.20. The molecule has 0 N–H and O–H groups in total.